The maximum Gasteiger partial charge on any atom is 0.508 e. The number of aliphatic hydroxyl groups excluding tert-OH is 3. The Hall–Kier alpha value is -2.85. The highest BCUT2D eigenvalue weighted by molar-refractivity contribution is 5.89. The fourth-order valence-corrected chi connectivity index (χ4v) is 4.73. The zero-order valence-corrected chi connectivity index (χ0v) is 24.6. The van der Waals surface area contributed by atoms with E-state index in [0.29, 0.717) is 0 Å². The second-order valence-corrected chi connectivity index (χ2v) is 10.4. The van der Waals surface area contributed by atoms with Gasteiger partial charge in [-0.2, -0.15) is 0 Å². The van der Waals surface area contributed by atoms with E-state index < -0.39 is 78.3 Å². The lowest BCUT2D eigenvalue weighted by Gasteiger charge is -2.32. The molecule has 1 heterocycles. The van der Waals surface area contributed by atoms with Gasteiger partial charge < -0.3 is 40.2 Å². The first-order chi connectivity index (χ1) is 21.0. The third kappa shape index (κ3) is 9.83. The number of hydrogen-bond acceptors (Lipinski definition) is 17. The molecule has 7 unspecified atom stereocenters. The molecule has 1 aliphatic heterocycles. The van der Waals surface area contributed by atoms with Gasteiger partial charge >= 0.3 is 6.16 Å². The number of aliphatic hydroxyl groups is 3. The Kier molecular flexibility index (Phi) is 15.4. The molecule has 0 spiro atoms. The van der Waals surface area contributed by atoms with E-state index in [2.05, 4.69) is 30.2 Å². The molecule has 0 radical (unpaired) electrons. The van der Waals surface area contributed by atoms with Crippen molar-refractivity contribution in [1.82, 2.24) is 10.6 Å². The number of ether oxygens (including phenoxy) is 3. The van der Waals surface area contributed by atoms with Crippen molar-refractivity contribution in [3.63, 3.8) is 0 Å². The van der Waals surface area contributed by atoms with Crippen molar-refractivity contribution >= 4 is 18.0 Å². The summed E-state index contributed by atoms with van der Waals surface area (Å²) in [6, 6.07) is -1.23. The zero-order chi connectivity index (χ0) is 32.9. The molecule has 0 aromatic carbocycles. The van der Waals surface area contributed by atoms with E-state index in [-0.39, 0.29) is 25.5 Å². The van der Waals surface area contributed by atoms with Gasteiger partial charge in [0.25, 0.3) is 5.91 Å². The fraction of sp³-hybridized carbons (Fsp3) is 0.800. The van der Waals surface area contributed by atoms with Crippen LogP contribution in [0.3, 0.4) is 0 Å². The highest BCUT2D eigenvalue weighted by Gasteiger charge is 2.48. The minimum absolute atomic E-state index is 0.0280. The van der Waals surface area contributed by atoms with E-state index in [0.717, 1.165) is 53.2 Å². The molecule has 2 fully saturated rings. The monoisotopic (exact) mass is 642 g/mol. The Bertz CT molecular complexity index is 955. The number of rotatable bonds is 16. The van der Waals surface area contributed by atoms with E-state index in [1.165, 1.54) is 0 Å². The minimum Gasteiger partial charge on any atom is -0.506 e. The Balaban J connectivity index is 2.16. The molecule has 1 saturated carbocycles. The van der Waals surface area contributed by atoms with Crippen LogP contribution in [-0.4, -0.2) is 125 Å². The van der Waals surface area contributed by atoms with E-state index >= 15 is 0 Å². The summed E-state index contributed by atoms with van der Waals surface area (Å²) in [7, 11) is 2.03. The normalized spacial score (nSPS) is 24.4. The van der Waals surface area contributed by atoms with Crippen LogP contribution in [0.2, 0.25) is 0 Å². The molecular weight excluding hydrogens is 600 g/mol. The molecular formula is C25H42N2O17. The van der Waals surface area contributed by atoms with Crippen molar-refractivity contribution in [3.05, 3.63) is 11.5 Å². The topological polar surface area (TPSA) is 270 Å². The molecule has 0 aromatic heterocycles. The Morgan fingerprint density at radius 2 is 1.55 bits per heavy atom. The summed E-state index contributed by atoms with van der Waals surface area (Å²) in [4.78, 5) is 60.1. The summed E-state index contributed by atoms with van der Waals surface area (Å²) in [5.74, 6) is -4.23. The molecule has 7 atom stereocenters. The van der Waals surface area contributed by atoms with Crippen molar-refractivity contribution in [1.29, 1.82) is 0 Å². The quantitative estimate of drug-likeness (QED) is 0.0492. The molecule has 2 aliphatic rings. The Labute approximate surface area is 252 Å². The third-order valence-corrected chi connectivity index (χ3v) is 7.49. The fourth-order valence-electron chi connectivity index (χ4n) is 4.73. The summed E-state index contributed by atoms with van der Waals surface area (Å²) < 4.78 is 15.6. The number of carbonyl (C=O) groups is 3. The van der Waals surface area contributed by atoms with E-state index in [1.807, 2.05) is 0 Å². The molecule has 19 heteroatoms. The smallest absolute Gasteiger partial charge is 0.506 e. The average molecular weight is 643 g/mol. The molecule has 1 saturated heterocycles. The lowest BCUT2D eigenvalue weighted by atomic mass is 9.96. The largest absolute Gasteiger partial charge is 0.508 e. The number of methoxy groups -OCH3 is 1. The summed E-state index contributed by atoms with van der Waals surface area (Å²) in [6.45, 7) is 0.195. The van der Waals surface area contributed by atoms with Crippen LogP contribution < -0.4 is 10.6 Å². The molecule has 19 nitrogen and oxygen atoms in total. The predicted molar refractivity (Wildman–Crippen MR) is 142 cm³/mol. The maximum absolute atomic E-state index is 13.2. The van der Waals surface area contributed by atoms with Crippen LogP contribution in [0, 0.1) is 0 Å². The molecule has 2 rings (SSSR count). The van der Waals surface area contributed by atoms with Gasteiger partial charge in [-0.15, -0.1) is 0 Å². The molecule has 2 amide bonds. The first kappa shape index (κ1) is 37.3. The second kappa shape index (κ2) is 18.2. The number of amides is 2. The Morgan fingerprint density at radius 3 is 2.09 bits per heavy atom. The van der Waals surface area contributed by atoms with Crippen LogP contribution in [0.15, 0.2) is 11.5 Å². The van der Waals surface area contributed by atoms with Crippen LogP contribution in [0.4, 0.5) is 4.79 Å². The summed E-state index contributed by atoms with van der Waals surface area (Å²) >= 11 is 0. The lowest BCUT2D eigenvalue weighted by molar-refractivity contribution is -0.419. The summed E-state index contributed by atoms with van der Waals surface area (Å²) in [6.07, 6.45) is -6.15. The van der Waals surface area contributed by atoms with Crippen molar-refractivity contribution in [2.75, 3.05) is 27.4 Å². The van der Waals surface area contributed by atoms with Crippen LogP contribution in [0.1, 0.15) is 51.9 Å². The first-order valence-electron chi connectivity index (χ1n) is 13.8. The molecule has 0 aromatic rings. The highest BCUT2D eigenvalue weighted by Crippen LogP contribution is 2.27. The predicted octanol–water partition coefficient (Wildman–Crippen LogP) is 0.482. The van der Waals surface area contributed by atoms with E-state index in [1.54, 1.807) is 0 Å². The maximum atomic E-state index is 13.2. The van der Waals surface area contributed by atoms with Crippen LogP contribution >= 0.6 is 0 Å². The molecule has 254 valence electrons. The van der Waals surface area contributed by atoms with E-state index in [9.17, 15) is 45.5 Å². The van der Waals surface area contributed by atoms with Crippen molar-refractivity contribution in [2.24, 2.45) is 0 Å². The number of nitrogens with one attached hydrogen (secondary N) is 2. The number of hydrogen-bond donors (Lipinski definition) is 8. The van der Waals surface area contributed by atoms with Gasteiger partial charge in [0.2, 0.25) is 12.0 Å². The number of carbonyl (C=O) groups excluding carboxylic acids is 3. The van der Waals surface area contributed by atoms with Gasteiger partial charge in [0.05, 0.1) is 20.3 Å². The average Bonchev–Trinajstić information content (AvgIpc) is 3.20. The summed E-state index contributed by atoms with van der Waals surface area (Å²) in [5.41, 5.74) is -1.93. The van der Waals surface area contributed by atoms with Gasteiger partial charge in [0.1, 0.15) is 23.9 Å². The minimum atomic E-state index is -2.30. The van der Waals surface area contributed by atoms with Crippen molar-refractivity contribution < 1.29 is 84.1 Å². The van der Waals surface area contributed by atoms with Gasteiger partial charge in [-0.1, -0.05) is 6.42 Å². The molecule has 44 heavy (non-hydrogen) atoms. The van der Waals surface area contributed by atoms with Crippen molar-refractivity contribution in [2.45, 2.75) is 100 Å². The summed E-state index contributed by atoms with van der Waals surface area (Å²) in [5, 5.41) is 64.0. The Morgan fingerprint density at radius 1 is 0.932 bits per heavy atom. The van der Waals surface area contributed by atoms with Gasteiger partial charge in [0, 0.05) is 7.11 Å². The van der Waals surface area contributed by atoms with Gasteiger partial charge in [-0.25, -0.2) is 29.2 Å². The van der Waals surface area contributed by atoms with Crippen LogP contribution in [0.25, 0.3) is 0 Å². The molecule has 8 N–H and O–H groups in total. The van der Waals surface area contributed by atoms with Crippen LogP contribution in [0.5, 0.6) is 0 Å². The highest BCUT2D eigenvalue weighted by atomic mass is 17.2. The zero-order valence-electron chi connectivity index (χ0n) is 24.6. The first-order valence-corrected chi connectivity index (χ1v) is 13.8. The molecule has 0 bridgehead atoms. The van der Waals surface area contributed by atoms with Gasteiger partial charge in [-0.05, 0) is 45.4 Å². The molecule has 1 aliphatic carbocycles. The SMILES string of the molecule is COOC(C(=O)NC1CCC(OC(=O)OC2CCCCC2)CNC1=O)C(OO)C(OO)C(OO)/C(O)=C(\O)C(C)(CO)OC. The van der Waals surface area contributed by atoms with Gasteiger partial charge in [-0.3, -0.25) is 25.4 Å². The van der Waals surface area contributed by atoms with Crippen LogP contribution in [-0.2, 0) is 48.2 Å². The lowest BCUT2D eigenvalue weighted by Crippen LogP contribution is -2.57. The van der Waals surface area contributed by atoms with E-state index in [4.69, 9.17) is 19.1 Å². The van der Waals surface area contributed by atoms with Gasteiger partial charge in [0.15, 0.2) is 29.8 Å². The van der Waals surface area contributed by atoms with Crippen molar-refractivity contribution in [3.8, 4) is 0 Å². The standard InChI is InChI=1S/C25H42N2O17/c1-25(12-28,37-2)21(30)16(29)17(41-34)18(42-35)19(43-36)20(44-38-3)23(32)27-15-10-9-14(11-26-22(15)31)40-24(33)39-13-7-5-4-6-8-13/h13-15,17-20,28-30,34-36H,4-12H2,1-3H3,(H,26,31)(H,27,32)/b21-16+. The third-order valence-electron chi connectivity index (χ3n) is 7.49. The second-order valence-electron chi connectivity index (χ2n) is 10.4.